The van der Waals surface area contributed by atoms with Gasteiger partial charge in [0, 0.05) is 18.6 Å². The van der Waals surface area contributed by atoms with E-state index in [0.29, 0.717) is 6.42 Å². The van der Waals surface area contributed by atoms with Crippen molar-refractivity contribution in [2.45, 2.75) is 66.5 Å². The van der Waals surface area contributed by atoms with Crippen LogP contribution in [0.5, 0.6) is 0 Å². The monoisotopic (exact) mass is 403 g/mol. The molecule has 0 aliphatic rings. The van der Waals surface area contributed by atoms with E-state index in [1.165, 1.54) is 18.9 Å². The summed E-state index contributed by atoms with van der Waals surface area (Å²) in [6.45, 7) is 11.8. The van der Waals surface area contributed by atoms with Gasteiger partial charge in [0.05, 0.1) is 7.11 Å². The van der Waals surface area contributed by atoms with Crippen LogP contribution in [0.1, 0.15) is 54.9 Å². The summed E-state index contributed by atoms with van der Waals surface area (Å²) in [4.78, 5) is 50.1. The first-order valence-corrected chi connectivity index (χ1v) is 10.0. The number of thioether (sulfide) groups is 1. The second-order valence-electron chi connectivity index (χ2n) is 7.92. The molecule has 0 aliphatic carbocycles. The van der Waals surface area contributed by atoms with E-state index in [1.807, 2.05) is 13.8 Å². The highest BCUT2D eigenvalue weighted by Gasteiger charge is 2.35. The summed E-state index contributed by atoms with van der Waals surface area (Å²) in [5.74, 6) is -1.72. The average Bonchev–Trinajstić information content (AvgIpc) is 2.52. The summed E-state index contributed by atoms with van der Waals surface area (Å²) in [5, 5.41) is -0.0972. The van der Waals surface area contributed by atoms with E-state index in [2.05, 4.69) is 0 Å². The highest BCUT2D eigenvalue weighted by atomic mass is 32.2. The van der Waals surface area contributed by atoms with Gasteiger partial charge in [0.1, 0.15) is 18.2 Å². The van der Waals surface area contributed by atoms with Crippen LogP contribution in [0.15, 0.2) is 0 Å². The lowest BCUT2D eigenvalue weighted by Crippen LogP contribution is -2.51. The van der Waals surface area contributed by atoms with Gasteiger partial charge in [-0.1, -0.05) is 32.5 Å². The fraction of sp³-hybridized carbons (Fsp3) is 0.789. The average molecular weight is 404 g/mol. The van der Waals surface area contributed by atoms with Crippen molar-refractivity contribution in [3.63, 3.8) is 0 Å². The maximum atomic E-state index is 13.0. The second kappa shape index (κ2) is 11.3. The molecule has 0 aromatic rings. The normalized spacial score (nSPS) is 13.7. The Morgan fingerprint density at radius 2 is 1.63 bits per heavy atom. The molecular weight excluding hydrogens is 370 g/mol. The van der Waals surface area contributed by atoms with Crippen LogP contribution in [0, 0.1) is 11.8 Å². The quantitative estimate of drug-likeness (QED) is 0.547. The van der Waals surface area contributed by atoms with Crippen molar-refractivity contribution in [3.8, 4) is 0 Å². The number of carbonyl (C=O) groups excluding carboxylic acids is 4. The lowest BCUT2D eigenvalue weighted by atomic mass is 10.0. The molecule has 0 saturated heterocycles. The molecule has 0 saturated carbocycles. The number of esters is 2. The summed E-state index contributed by atoms with van der Waals surface area (Å²) in [6, 6.07) is -0.889. The van der Waals surface area contributed by atoms with Crippen molar-refractivity contribution in [2.24, 2.45) is 11.8 Å². The lowest BCUT2D eigenvalue weighted by molar-refractivity contribution is -0.164. The Kier molecular flexibility index (Phi) is 10.7. The minimum Gasteiger partial charge on any atom is -0.467 e. The molecule has 0 heterocycles. The predicted octanol–water partition coefficient (Wildman–Crippen LogP) is 2.66. The van der Waals surface area contributed by atoms with Crippen molar-refractivity contribution in [1.29, 1.82) is 0 Å². The molecule has 0 aromatic carbocycles. The Morgan fingerprint density at radius 1 is 1.07 bits per heavy atom. The Balaban J connectivity index is 5.61. The molecule has 0 bridgehead atoms. The number of nitrogens with zero attached hydrogens (tertiary/aromatic N) is 1. The van der Waals surface area contributed by atoms with Crippen LogP contribution in [0.4, 0.5) is 0 Å². The minimum atomic E-state index is -0.889. The van der Waals surface area contributed by atoms with Crippen LogP contribution in [0.25, 0.3) is 0 Å². The lowest BCUT2D eigenvalue weighted by Gasteiger charge is -2.33. The molecule has 156 valence electrons. The van der Waals surface area contributed by atoms with Gasteiger partial charge < -0.3 is 14.4 Å². The van der Waals surface area contributed by atoms with Gasteiger partial charge in [-0.15, -0.1) is 0 Å². The summed E-state index contributed by atoms with van der Waals surface area (Å²) in [6.07, 6.45) is 0.355. The van der Waals surface area contributed by atoms with E-state index in [1.54, 1.807) is 27.7 Å². The van der Waals surface area contributed by atoms with Gasteiger partial charge in [0.25, 0.3) is 0 Å². The number of amides is 1. The molecule has 0 aliphatic heterocycles. The van der Waals surface area contributed by atoms with Gasteiger partial charge in [-0.2, -0.15) is 0 Å². The number of rotatable bonds is 9. The maximum Gasteiger partial charge on any atom is 0.328 e. The number of carbonyl (C=O) groups is 4. The molecule has 7 nitrogen and oxygen atoms in total. The molecule has 0 aromatic heterocycles. The Hall–Kier alpha value is -1.57. The maximum absolute atomic E-state index is 13.0. The van der Waals surface area contributed by atoms with E-state index in [0.717, 1.165) is 11.8 Å². The Labute approximate surface area is 166 Å². The molecule has 0 fully saturated rings. The van der Waals surface area contributed by atoms with Gasteiger partial charge in [0.15, 0.2) is 5.12 Å². The summed E-state index contributed by atoms with van der Waals surface area (Å²) in [5.41, 5.74) is -0.708. The number of hydrogen-bond donors (Lipinski definition) is 0. The van der Waals surface area contributed by atoms with E-state index in [-0.39, 0.29) is 29.2 Å². The number of ether oxygens (including phenoxy) is 2. The van der Waals surface area contributed by atoms with E-state index < -0.39 is 29.5 Å². The molecule has 0 unspecified atom stereocenters. The minimum absolute atomic E-state index is 0.0972. The summed E-state index contributed by atoms with van der Waals surface area (Å²) < 4.78 is 10.2. The summed E-state index contributed by atoms with van der Waals surface area (Å²) >= 11 is 1.04. The SMILES string of the molecule is COC(=O)[C@@H](CC(C)C)N(CC(=O)OC(C)(C)C)C(=O)[C@H](C)CSC(C)=O. The zero-order valence-electron chi connectivity index (χ0n) is 17.7. The fourth-order valence-corrected chi connectivity index (χ4v) is 3.01. The predicted molar refractivity (Wildman–Crippen MR) is 105 cm³/mol. The fourth-order valence-electron chi connectivity index (χ4n) is 2.38. The summed E-state index contributed by atoms with van der Waals surface area (Å²) in [7, 11) is 1.25. The van der Waals surface area contributed by atoms with Crippen molar-refractivity contribution in [1.82, 2.24) is 4.90 Å². The second-order valence-corrected chi connectivity index (χ2v) is 9.12. The molecule has 0 spiro atoms. The van der Waals surface area contributed by atoms with Crippen LogP contribution in [0.3, 0.4) is 0 Å². The standard InChI is InChI=1S/C19H33NO6S/c1-12(2)9-15(18(24)25-8)20(10-16(22)26-19(5,6)7)17(23)13(3)11-27-14(4)21/h12-13,15H,9-11H2,1-8H3/t13-,15-/m1/s1. The smallest absolute Gasteiger partial charge is 0.328 e. The zero-order valence-corrected chi connectivity index (χ0v) is 18.5. The largest absolute Gasteiger partial charge is 0.467 e. The van der Waals surface area contributed by atoms with Crippen molar-refractivity contribution in [2.75, 3.05) is 19.4 Å². The van der Waals surface area contributed by atoms with E-state index >= 15 is 0 Å². The molecule has 1 amide bonds. The van der Waals surface area contributed by atoms with Crippen LogP contribution in [-0.4, -0.2) is 58.9 Å². The van der Waals surface area contributed by atoms with E-state index in [4.69, 9.17) is 9.47 Å². The number of methoxy groups -OCH3 is 1. The van der Waals surface area contributed by atoms with Gasteiger partial charge >= 0.3 is 11.9 Å². The van der Waals surface area contributed by atoms with Crippen LogP contribution in [0.2, 0.25) is 0 Å². The number of hydrogen-bond acceptors (Lipinski definition) is 7. The third-order valence-corrected chi connectivity index (χ3v) is 4.58. The van der Waals surface area contributed by atoms with Crippen LogP contribution >= 0.6 is 11.8 Å². The van der Waals surface area contributed by atoms with Crippen LogP contribution < -0.4 is 0 Å². The third kappa shape index (κ3) is 10.4. The first-order chi connectivity index (χ1) is 12.3. The van der Waals surface area contributed by atoms with Gasteiger partial charge in [-0.05, 0) is 33.1 Å². The molecule has 0 rings (SSSR count). The van der Waals surface area contributed by atoms with Crippen molar-refractivity contribution < 1.29 is 28.7 Å². The molecule has 0 radical (unpaired) electrons. The molecule has 8 heteroatoms. The zero-order chi connectivity index (χ0) is 21.4. The van der Waals surface area contributed by atoms with Gasteiger partial charge in [0.2, 0.25) is 5.91 Å². The van der Waals surface area contributed by atoms with Gasteiger partial charge in [-0.3, -0.25) is 14.4 Å². The molecular formula is C19H33NO6S. The third-order valence-electron chi connectivity index (χ3n) is 3.50. The van der Waals surface area contributed by atoms with Crippen molar-refractivity contribution >= 4 is 34.7 Å². The first kappa shape index (κ1) is 25.4. The molecule has 2 atom stereocenters. The highest BCUT2D eigenvalue weighted by molar-refractivity contribution is 8.13. The highest BCUT2D eigenvalue weighted by Crippen LogP contribution is 2.20. The van der Waals surface area contributed by atoms with Crippen molar-refractivity contribution in [3.05, 3.63) is 0 Å². The first-order valence-electron chi connectivity index (χ1n) is 9.02. The van der Waals surface area contributed by atoms with Gasteiger partial charge in [-0.25, -0.2) is 4.79 Å². The molecule has 27 heavy (non-hydrogen) atoms. The topological polar surface area (TPSA) is 90.0 Å². The Bertz CT molecular complexity index is 541. The molecule has 0 N–H and O–H groups in total. The van der Waals surface area contributed by atoms with E-state index in [9.17, 15) is 19.2 Å². The Morgan fingerprint density at radius 3 is 2.04 bits per heavy atom. The van der Waals surface area contributed by atoms with Crippen LogP contribution in [-0.2, 0) is 28.7 Å².